The molecule has 0 radical (unpaired) electrons. The number of imidazole rings is 1. The molecule has 0 spiro atoms. The minimum absolute atomic E-state index is 0.0218. The number of carboxylic acids is 1. The molecule has 0 saturated heterocycles. The number of nitrogens with one attached hydrogen (secondary N) is 1. The summed E-state index contributed by atoms with van der Waals surface area (Å²) in [5.41, 5.74) is 0. The Hall–Kier alpha value is -1.41. The van der Waals surface area contributed by atoms with Crippen molar-refractivity contribution in [1.82, 2.24) is 14.3 Å². The van der Waals surface area contributed by atoms with E-state index in [1.165, 1.54) is 12.5 Å². The van der Waals surface area contributed by atoms with Gasteiger partial charge in [0.2, 0.25) is 0 Å². The van der Waals surface area contributed by atoms with E-state index in [9.17, 15) is 13.2 Å². The van der Waals surface area contributed by atoms with Crippen molar-refractivity contribution in [1.29, 1.82) is 0 Å². The molecule has 0 aliphatic heterocycles. The van der Waals surface area contributed by atoms with Crippen molar-refractivity contribution in [3.05, 3.63) is 12.5 Å². The Balaban J connectivity index is 1.97. The first-order valence-electron chi connectivity index (χ1n) is 7.55. The molecule has 2 N–H and O–H groups in total. The van der Waals surface area contributed by atoms with E-state index in [2.05, 4.69) is 9.71 Å². The number of rotatable bonds is 6. The van der Waals surface area contributed by atoms with Gasteiger partial charge >= 0.3 is 5.97 Å². The van der Waals surface area contributed by atoms with Crippen molar-refractivity contribution < 1.29 is 18.3 Å². The second-order valence-corrected chi connectivity index (χ2v) is 7.97. The Labute approximate surface area is 130 Å². The average Bonchev–Trinajstić information content (AvgIpc) is 2.87. The standard InChI is InChI=1S/C14H23N3O4S/c1-10(2)7-17-8-13(15-9-17)22(20,21)16-12-5-3-11(4-6-12)14(18)19/h8-12,16H,3-7H2,1-2H3,(H,18,19). The van der Waals surface area contributed by atoms with Crippen molar-refractivity contribution in [2.24, 2.45) is 11.8 Å². The number of aromatic nitrogens is 2. The van der Waals surface area contributed by atoms with Gasteiger partial charge in [-0.25, -0.2) is 18.1 Å². The molecule has 0 aromatic carbocycles. The second kappa shape index (κ2) is 6.78. The van der Waals surface area contributed by atoms with Gasteiger partial charge in [0.25, 0.3) is 10.0 Å². The summed E-state index contributed by atoms with van der Waals surface area (Å²) in [6.07, 6.45) is 5.15. The van der Waals surface area contributed by atoms with E-state index in [1.54, 1.807) is 4.57 Å². The van der Waals surface area contributed by atoms with Crippen molar-refractivity contribution in [3.63, 3.8) is 0 Å². The number of sulfonamides is 1. The highest BCUT2D eigenvalue weighted by molar-refractivity contribution is 7.89. The van der Waals surface area contributed by atoms with Gasteiger partial charge in [0.15, 0.2) is 5.03 Å². The topological polar surface area (TPSA) is 101 Å². The molecule has 1 heterocycles. The highest BCUT2D eigenvalue weighted by Gasteiger charge is 2.29. The van der Waals surface area contributed by atoms with E-state index in [-0.39, 0.29) is 17.0 Å². The van der Waals surface area contributed by atoms with Gasteiger partial charge in [0, 0.05) is 18.8 Å². The SMILES string of the molecule is CC(C)Cn1cnc(S(=O)(=O)NC2CCC(C(=O)O)CC2)c1. The number of carbonyl (C=O) groups is 1. The molecule has 1 aromatic rings. The lowest BCUT2D eigenvalue weighted by molar-refractivity contribution is -0.142. The second-order valence-electron chi connectivity index (χ2n) is 6.31. The maximum Gasteiger partial charge on any atom is 0.306 e. The Kier molecular flexibility index (Phi) is 5.23. The molecule has 0 unspecified atom stereocenters. The third kappa shape index (κ3) is 4.30. The largest absolute Gasteiger partial charge is 0.481 e. The van der Waals surface area contributed by atoms with E-state index in [4.69, 9.17) is 5.11 Å². The Morgan fingerprint density at radius 1 is 1.41 bits per heavy atom. The van der Waals surface area contributed by atoms with Crippen molar-refractivity contribution in [2.45, 2.75) is 57.1 Å². The van der Waals surface area contributed by atoms with Crippen LogP contribution >= 0.6 is 0 Å². The van der Waals surface area contributed by atoms with E-state index in [0.29, 0.717) is 38.1 Å². The zero-order valence-corrected chi connectivity index (χ0v) is 13.7. The van der Waals surface area contributed by atoms with Crippen LogP contribution in [0.25, 0.3) is 0 Å². The number of nitrogens with zero attached hydrogens (tertiary/aromatic N) is 2. The first kappa shape index (κ1) is 17.0. The summed E-state index contributed by atoms with van der Waals surface area (Å²) >= 11 is 0. The van der Waals surface area contributed by atoms with Crippen molar-refractivity contribution >= 4 is 16.0 Å². The summed E-state index contributed by atoms with van der Waals surface area (Å²) in [5.74, 6) is -0.747. The molecule has 1 aliphatic carbocycles. The predicted molar refractivity (Wildman–Crippen MR) is 80.8 cm³/mol. The van der Waals surface area contributed by atoms with Gasteiger partial charge in [-0.05, 0) is 31.6 Å². The molecule has 0 atom stereocenters. The third-order valence-electron chi connectivity index (χ3n) is 3.86. The Morgan fingerprint density at radius 2 is 2.05 bits per heavy atom. The summed E-state index contributed by atoms with van der Waals surface area (Å²) < 4.78 is 29.0. The highest BCUT2D eigenvalue weighted by atomic mass is 32.2. The molecule has 22 heavy (non-hydrogen) atoms. The maximum atomic E-state index is 12.3. The number of hydrogen-bond donors (Lipinski definition) is 2. The molecule has 1 saturated carbocycles. The smallest absolute Gasteiger partial charge is 0.306 e. The van der Waals surface area contributed by atoms with Crippen LogP contribution < -0.4 is 4.72 Å². The lowest BCUT2D eigenvalue weighted by atomic mass is 9.87. The molecule has 1 aliphatic rings. The van der Waals surface area contributed by atoms with Crippen LogP contribution in [0.1, 0.15) is 39.5 Å². The maximum absolute atomic E-state index is 12.3. The summed E-state index contributed by atoms with van der Waals surface area (Å²) in [5, 5.41) is 8.98. The molecular formula is C14H23N3O4S. The van der Waals surface area contributed by atoms with Crippen LogP contribution in [0.4, 0.5) is 0 Å². The molecular weight excluding hydrogens is 306 g/mol. The van der Waals surface area contributed by atoms with Crippen LogP contribution in [0, 0.1) is 11.8 Å². The molecule has 0 bridgehead atoms. The van der Waals surface area contributed by atoms with E-state index < -0.39 is 16.0 Å². The van der Waals surface area contributed by atoms with Crippen molar-refractivity contribution in [3.8, 4) is 0 Å². The van der Waals surface area contributed by atoms with Gasteiger partial charge < -0.3 is 9.67 Å². The molecule has 0 amide bonds. The summed E-state index contributed by atoms with van der Waals surface area (Å²) in [4.78, 5) is 14.9. The van der Waals surface area contributed by atoms with Gasteiger partial charge in [-0.15, -0.1) is 0 Å². The Morgan fingerprint density at radius 3 is 2.59 bits per heavy atom. The number of hydrogen-bond acceptors (Lipinski definition) is 4. The zero-order chi connectivity index (χ0) is 16.3. The number of carboxylic acid groups (broad SMARTS) is 1. The zero-order valence-electron chi connectivity index (χ0n) is 12.9. The monoisotopic (exact) mass is 329 g/mol. The minimum atomic E-state index is -3.64. The van der Waals surface area contributed by atoms with Crippen LogP contribution in [-0.4, -0.2) is 35.1 Å². The van der Waals surface area contributed by atoms with Gasteiger partial charge in [0.05, 0.1) is 12.2 Å². The number of aliphatic carboxylic acids is 1. The van der Waals surface area contributed by atoms with Crippen LogP contribution in [0.15, 0.2) is 17.6 Å². The van der Waals surface area contributed by atoms with Gasteiger partial charge in [-0.3, -0.25) is 4.79 Å². The van der Waals surface area contributed by atoms with Crippen LogP contribution in [-0.2, 0) is 21.4 Å². The summed E-state index contributed by atoms with van der Waals surface area (Å²) in [7, 11) is -3.64. The normalized spacial score (nSPS) is 22.9. The first-order valence-corrected chi connectivity index (χ1v) is 9.03. The van der Waals surface area contributed by atoms with Gasteiger partial charge in [-0.2, -0.15) is 0 Å². The van der Waals surface area contributed by atoms with Crippen LogP contribution in [0.5, 0.6) is 0 Å². The predicted octanol–water partition coefficient (Wildman–Crippen LogP) is 1.46. The van der Waals surface area contributed by atoms with Crippen LogP contribution in [0.3, 0.4) is 0 Å². The van der Waals surface area contributed by atoms with E-state index in [1.807, 2.05) is 13.8 Å². The van der Waals surface area contributed by atoms with Gasteiger partial charge in [0.1, 0.15) is 0 Å². The quantitative estimate of drug-likeness (QED) is 0.823. The highest BCUT2D eigenvalue weighted by Crippen LogP contribution is 2.25. The molecule has 7 nitrogen and oxygen atoms in total. The molecule has 1 aromatic heterocycles. The summed E-state index contributed by atoms with van der Waals surface area (Å²) in [6, 6.07) is -0.212. The molecule has 8 heteroatoms. The Bertz CT molecular complexity index is 616. The molecule has 124 valence electrons. The first-order chi connectivity index (χ1) is 10.3. The fourth-order valence-electron chi connectivity index (χ4n) is 2.74. The summed E-state index contributed by atoms with van der Waals surface area (Å²) in [6.45, 7) is 4.81. The molecule has 2 rings (SSSR count). The molecule has 1 fully saturated rings. The fraction of sp³-hybridized carbons (Fsp3) is 0.714. The van der Waals surface area contributed by atoms with Crippen LogP contribution in [0.2, 0.25) is 0 Å². The van der Waals surface area contributed by atoms with Gasteiger partial charge in [-0.1, -0.05) is 13.8 Å². The fourth-order valence-corrected chi connectivity index (χ4v) is 3.99. The minimum Gasteiger partial charge on any atom is -0.481 e. The van der Waals surface area contributed by atoms with Crippen molar-refractivity contribution in [2.75, 3.05) is 0 Å². The van der Waals surface area contributed by atoms with E-state index >= 15 is 0 Å². The average molecular weight is 329 g/mol. The van der Waals surface area contributed by atoms with E-state index in [0.717, 1.165) is 0 Å². The lowest BCUT2D eigenvalue weighted by Gasteiger charge is -2.26. The third-order valence-corrected chi connectivity index (χ3v) is 5.26. The lowest BCUT2D eigenvalue weighted by Crippen LogP contribution is -2.38.